The maximum Gasteiger partial charge on any atom is 0.196 e. The minimum atomic E-state index is 0.135. The van der Waals surface area contributed by atoms with Gasteiger partial charge in [0.15, 0.2) is 16.6 Å². The lowest BCUT2D eigenvalue weighted by Crippen LogP contribution is -2.00. The fourth-order valence-corrected chi connectivity index (χ4v) is 3.41. The van der Waals surface area contributed by atoms with Gasteiger partial charge in [0, 0.05) is 11.1 Å². The van der Waals surface area contributed by atoms with Gasteiger partial charge in [0.05, 0.1) is 10.6 Å². The lowest BCUT2D eigenvalue weighted by atomic mass is 10.3. The largest absolute Gasteiger partial charge is 0.292 e. The van der Waals surface area contributed by atoms with Gasteiger partial charge < -0.3 is 0 Å². The third-order valence-electron chi connectivity index (χ3n) is 2.63. The highest BCUT2D eigenvalue weighted by Crippen LogP contribution is 2.21. The summed E-state index contributed by atoms with van der Waals surface area (Å²) in [5, 5.41) is 8.90. The van der Waals surface area contributed by atoms with E-state index in [1.54, 1.807) is 0 Å². The van der Waals surface area contributed by atoms with E-state index in [4.69, 9.17) is 0 Å². The van der Waals surface area contributed by atoms with Gasteiger partial charge in [0.2, 0.25) is 0 Å². The first-order valence-electron chi connectivity index (χ1n) is 5.76. The summed E-state index contributed by atoms with van der Waals surface area (Å²) < 4.78 is 1.89. The van der Waals surface area contributed by atoms with E-state index >= 15 is 0 Å². The van der Waals surface area contributed by atoms with Crippen LogP contribution >= 0.6 is 23.1 Å². The van der Waals surface area contributed by atoms with Gasteiger partial charge in [-0.1, -0.05) is 17.8 Å². The van der Waals surface area contributed by atoms with Gasteiger partial charge in [0.1, 0.15) is 0 Å². The summed E-state index contributed by atoms with van der Waals surface area (Å²) in [6.07, 6.45) is 1.90. The monoisotopic (exact) mass is 289 g/mol. The number of nitrogens with zero attached hydrogens (tertiary/aromatic N) is 3. The van der Waals surface area contributed by atoms with Crippen LogP contribution in [0.5, 0.6) is 0 Å². The normalized spacial score (nSPS) is 11.0. The van der Waals surface area contributed by atoms with E-state index in [1.807, 2.05) is 47.9 Å². The van der Waals surface area contributed by atoms with Crippen molar-refractivity contribution in [1.82, 2.24) is 14.6 Å². The van der Waals surface area contributed by atoms with E-state index in [2.05, 4.69) is 10.2 Å². The molecule has 0 unspecified atom stereocenters. The number of pyridine rings is 1. The Morgan fingerprint density at radius 3 is 3.00 bits per heavy atom. The minimum absolute atomic E-state index is 0.135. The lowest BCUT2D eigenvalue weighted by molar-refractivity contribution is 0.102. The molecule has 0 saturated carbocycles. The number of hydrogen-bond donors (Lipinski definition) is 0. The first-order chi connectivity index (χ1) is 9.24. The zero-order chi connectivity index (χ0) is 13.2. The van der Waals surface area contributed by atoms with Crippen molar-refractivity contribution < 1.29 is 4.79 Å². The zero-order valence-electron chi connectivity index (χ0n) is 10.2. The number of aryl methyl sites for hydroxylation is 1. The Morgan fingerprint density at radius 2 is 2.21 bits per heavy atom. The molecule has 0 saturated heterocycles. The van der Waals surface area contributed by atoms with Crippen molar-refractivity contribution in [2.75, 3.05) is 5.75 Å². The zero-order valence-corrected chi connectivity index (χ0v) is 11.9. The Hall–Kier alpha value is -1.66. The maximum absolute atomic E-state index is 12.0. The summed E-state index contributed by atoms with van der Waals surface area (Å²) in [4.78, 5) is 14.0. The van der Waals surface area contributed by atoms with Crippen molar-refractivity contribution in [2.24, 2.45) is 0 Å². The van der Waals surface area contributed by atoms with Crippen LogP contribution in [0.15, 0.2) is 41.7 Å². The Labute approximate surface area is 118 Å². The molecule has 0 aliphatic rings. The Bertz CT molecular complexity index is 732. The van der Waals surface area contributed by atoms with Crippen LogP contribution in [-0.4, -0.2) is 26.1 Å². The fourth-order valence-electron chi connectivity index (χ4n) is 1.70. The molecule has 0 radical (unpaired) electrons. The molecule has 0 atom stereocenters. The molecule has 0 aliphatic carbocycles. The van der Waals surface area contributed by atoms with Gasteiger partial charge in [-0.25, -0.2) is 0 Å². The highest BCUT2D eigenvalue weighted by molar-refractivity contribution is 7.99. The van der Waals surface area contributed by atoms with Crippen LogP contribution in [0, 0.1) is 6.92 Å². The summed E-state index contributed by atoms with van der Waals surface area (Å²) in [7, 11) is 0. The number of ketones is 1. The average molecular weight is 289 g/mol. The van der Waals surface area contributed by atoms with Crippen molar-refractivity contribution in [1.29, 1.82) is 0 Å². The Balaban J connectivity index is 1.74. The molecule has 0 amide bonds. The van der Waals surface area contributed by atoms with E-state index in [-0.39, 0.29) is 5.78 Å². The van der Waals surface area contributed by atoms with Gasteiger partial charge in [-0.05, 0) is 31.2 Å². The van der Waals surface area contributed by atoms with Crippen LogP contribution in [0.4, 0.5) is 0 Å². The quantitative estimate of drug-likeness (QED) is 0.547. The van der Waals surface area contributed by atoms with Crippen LogP contribution in [0.1, 0.15) is 14.5 Å². The van der Waals surface area contributed by atoms with Crippen molar-refractivity contribution >= 4 is 34.5 Å². The van der Waals surface area contributed by atoms with Gasteiger partial charge in [-0.2, -0.15) is 0 Å². The summed E-state index contributed by atoms with van der Waals surface area (Å²) in [5.41, 5.74) is 0.796. The van der Waals surface area contributed by atoms with E-state index in [0.717, 1.165) is 20.6 Å². The van der Waals surface area contributed by atoms with Gasteiger partial charge in [0.25, 0.3) is 0 Å². The molecule has 6 heteroatoms. The van der Waals surface area contributed by atoms with Crippen molar-refractivity contribution in [3.63, 3.8) is 0 Å². The molecule has 0 fully saturated rings. The molecule has 3 rings (SSSR count). The lowest BCUT2D eigenvalue weighted by Gasteiger charge is -1.98. The van der Waals surface area contributed by atoms with Crippen molar-refractivity contribution in [2.45, 2.75) is 12.1 Å². The standard InChI is InChI=1S/C13H11N3OS2/c1-9-5-6-11(19-9)10(17)8-18-13-15-14-12-4-2-3-7-16(12)13/h2-7H,8H2,1H3. The fraction of sp³-hybridized carbons (Fsp3) is 0.154. The van der Waals surface area contributed by atoms with E-state index < -0.39 is 0 Å². The van der Waals surface area contributed by atoms with Crippen LogP contribution in [0.3, 0.4) is 0 Å². The Morgan fingerprint density at radius 1 is 1.32 bits per heavy atom. The average Bonchev–Trinajstić information content (AvgIpc) is 3.02. The molecule has 3 aromatic rings. The number of thioether (sulfide) groups is 1. The molecule has 3 heterocycles. The summed E-state index contributed by atoms with van der Waals surface area (Å²) in [6.45, 7) is 2.00. The van der Waals surface area contributed by atoms with Gasteiger partial charge in [-0.3, -0.25) is 9.20 Å². The Kier molecular flexibility index (Phi) is 3.35. The molecule has 3 aromatic heterocycles. The molecule has 4 nitrogen and oxygen atoms in total. The minimum Gasteiger partial charge on any atom is -0.292 e. The van der Waals surface area contributed by atoms with Gasteiger partial charge >= 0.3 is 0 Å². The molecule has 0 aliphatic heterocycles. The second-order valence-electron chi connectivity index (χ2n) is 4.03. The number of rotatable bonds is 4. The topological polar surface area (TPSA) is 47.3 Å². The summed E-state index contributed by atoms with van der Waals surface area (Å²) >= 11 is 2.95. The number of carbonyl (C=O) groups is 1. The van der Waals surface area contributed by atoms with E-state index in [0.29, 0.717) is 5.75 Å². The number of fused-ring (bicyclic) bond motifs is 1. The number of Topliss-reactive ketones (excluding diaryl/α,β-unsaturated/α-hetero) is 1. The smallest absolute Gasteiger partial charge is 0.196 e. The first-order valence-corrected chi connectivity index (χ1v) is 7.56. The maximum atomic E-state index is 12.0. The third kappa shape index (κ3) is 2.54. The molecular weight excluding hydrogens is 278 g/mol. The number of carbonyl (C=O) groups excluding carboxylic acids is 1. The molecule has 0 bridgehead atoms. The number of aromatic nitrogens is 3. The van der Waals surface area contributed by atoms with Crippen LogP contribution < -0.4 is 0 Å². The van der Waals surface area contributed by atoms with E-state index in [1.165, 1.54) is 23.1 Å². The number of hydrogen-bond acceptors (Lipinski definition) is 5. The third-order valence-corrected chi connectivity index (χ3v) is 4.61. The molecule has 96 valence electrons. The predicted molar refractivity (Wildman–Crippen MR) is 77.1 cm³/mol. The summed E-state index contributed by atoms with van der Waals surface area (Å²) in [5.74, 6) is 0.520. The van der Waals surface area contributed by atoms with E-state index in [9.17, 15) is 4.79 Å². The highest BCUT2D eigenvalue weighted by Gasteiger charge is 2.11. The highest BCUT2D eigenvalue weighted by atomic mass is 32.2. The van der Waals surface area contributed by atoms with Crippen LogP contribution in [-0.2, 0) is 0 Å². The number of thiophene rings is 1. The van der Waals surface area contributed by atoms with Crippen LogP contribution in [0.2, 0.25) is 0 Å². The predicted octanol–water partition coefficient (Wildman–Crippen LogP) is 3.07. The molecule has 19 heavy (non-hydrogen) atoms. The molecule has 0 spiro atoms. The molecule has 0 N–H and O–H groups in total. The second kappa shape index (κ2) is 5.14. The van der Waals surface area contributed by atoms with Gasteiger partial charge in [-0.15, -0.1) is 21.5 Å². The van der Waals surface area contributed by atoms with Crippen LogP contribution in [0.25, 0.3) is 5.65 Å². The SMILES string of the molecule is Cc1ccc(C(=O)CSc2nnc3ccccn23)s1. The molecule has 0 aromatic carbocycles. The second-order valence-corrected chi connectivity index (χ2v) is 6.26. The summed E-state index contributed by atoms with van der Waals surface area (Å²) in [6, 6.07) is 9.57. The van der Waals surface area contributed by atoms with Crippen molar-refractivity contribution in [3.8, 4) is 0 Å². The first kappa shape index (κ1) is 12.4. The van der Waals surface area contributed by atoms with Crippen molar-refractivity contribution in [3.05, 3.63) is 46.3 Å². The molecular formula is C13H11N3OS2.